The number of benzene rings is 1. The second kappa shape index (κ2) is 6.00. The Morgan fingerprint density at radius 3 is 2.77 bits per heavy atom. The normalized spacial score (nSPS) is 11.2. The van der Waals surface area contributed by atoms with E-state index in [2.05, 4.69) is 20.4 Å². The van der Waals surface area contributed by atoms with Crippen molar-refractivity contribution in [1.29, 1.82) is 0 Å². The van der Waals surface area contributed by atoms with Crippen molar-refractivity contribution in [2.24, 2.45) is 0 Å². The molecule has 6 heteroatoms. The third kappa shape index (κ3) is 2.67. The van der Waals surface area contributed by atoms with Crippen molar-refractivity contribution in [3.8, 4) is 11.5 Å². The fourth-order valence-corrected chi connectivity index (χ4v) is 2.90. The summed E-state index contributed by atoms with van der Waals surface area (Å²) in [5, 5.41) is 8.95. The quantitative estimate of drug-likeness (QED) is 0.532. The first kappa shape index (κ1) is 14.7. The van der Waals surface area contributed by atoms with Crippen molar-refractivity contribution in [3.63, 3.8) is 0 Å². The van der Waals surface area contributed by atoms with Crippen molar-refractivity contribution in [2.75, 3.05) is 5.32 Å². The van der Waals surface area contributed by atoms with Crippen LogP contribution in [-0.4, -0.2) is 19.6 Å². The van der Waals surface area contributed by atoms with Gasteiger partial charge < -0.3 is 9.73 Å². The highest BCUT2D eigenvalue weighted by atomic mass is 16.3. The fraction of sp³-hybridized carbons (Fsp3) is 0.0500. The minimum absolute atomic E-state index is 0.687. The Labute approximate surface area is 149 Å². The van der Waals surface area contributed by atoms with Crippen molar-refractivity contribution >= 4 is 22.4 Å². The molecule has 4 heterocycles. The van der Waals surface area contributed by atoms with Crippen LogP contribution >= 0.6 is 0 Å². The molecule has 4 aromatic heterocycles. The second-order valence-electron chi connectivity index (χ2n) is 6.00. The number of rotatable bonds is 4. The van der Waals surface area contributed by atoms with Gasteiger partial charge in [-0.25, -0.2) is 9.50 Å². The van der Waals surface area contributed by atoms with Crippen LogP contribution in [0, 0.1) is 0 Å². The van der Waals surface area contributed by atoms with E-state index in [0.29, 0.717) is 6.54 Å². The molecule has 5 aromatic rings. The van der Waals surface area contributed by atoms with E-state index in [-0.39, 0.29) is 0 Å². The molecule has 0 saturated heterocycles. The number of nitrogens with one attached hydrogen (secondary N) is 1. The van der Waals surface area contributed by atoms with Crippen molar-refractivity contribution in [1.82, 2.24) is 19.6 Å². The van der Waals surface area contributed by atoms with Crippen LogP contribution < -0.4 is 5.32 Å². The van der Waals surface area contributed by atoms with E-state index in [4.69, 9.17) is 4.42 Å². The minimum Gasteiger partial charge on any atom is -0.454 e. The maximum atomic E-state index is 5.89. The summed E-state index contributed by atoms with van der Waals surface area (Å²) in [6.45, 7) is 0.687. The van der Waals surface area contributed by atoms with Gasteiger partial charge in [-0.15, -0.1) is 5.10 Å². The Kier molecular flexibility index (Phi) is 3.38. The molecule has 0 bridgehead atoms. The fourth-order valence-electron chi connectivity index (χ4n) is 2.90. The van der Waals surface area contributed by atoms with Gasteiger partial charge in [0.2, 0.25) is 0 Å². The highest BCUT2D eigenvalue weighted by Crippen LogP contribution is 2.27. The van der Waals surface area contributed by atoms with Gasteiger partial charge in [0.1, 0.15) is 17.1 Å². The lowest BCUT2D eigenvalue weighted by molar-refractivity contribution is 0.629. The van der Waals surface area contributed by atoms with E-state index < -0.39 is 0 Å². The van der Waals surface area contributed by atoms with Gasteiger partial charge in [0.15, 0.2) is 11.4 Å². The predicted octanol–water partition coefficient (Wildman–Crippen LogP) is 4.15. The van der Waals surface area contributed by atoms with E-state index in [1.807, 2.05) is 60.8 Å². The summed E-state index contributed by atoms with van der Waals surface area (Å²) < 4.78 is 7.66. The third-order valence-electron chi connectivity index (χ3n) is 4.22. The van der Waals surface area contributed by atoms with Gasteiger partial charge in [-0.1, -0.05) is 18.2 Å². The maximum Gasteiger partial charge on any atom is 0.155 e. The van der Waals surface area contributed by atoms with Crippen LogP contribution in [-0.2, 0) is 6.54 Å². The van der Waals surface area contributed by atoms with Crippen LogP contribution in [0.5, 0.6) is 0 Å². The van der Waals surface area contributed by atoms with Crippen molar-refractivity contribution in [2.45, 2.75) is 6.54 Å². The average Bonchev–Trinajstić information content (AvgIpc) is 3.30. The summed E-state index contributed by atoms with van der Waals surface area (Å²) in [5.74, 6) is 1.52. The van der Waals surface area contributed by atoms with Crippen LogP contribution in [0.15, 0.2) is 77.6 Å². The number of fused-ring (bicyclic) bond motifs is 2. The highest BCUT2D eigenvalue weighted by Gasteiger charge is 2.11. The molecule has 1 N–H and O–H groups in total. The highest BCUT2D eigenvalue weighted by molar-refractivity contribution is 5.82. The third-order valence-corrected chi connectivity index (χ3v) is 4.22. The number of para-hydroxylation sites is 1. The first-order valence-corrected chi connectivity index (χ1v) is 8.33. The molecule has 0 fully saturated rings. The summed E-state index contributed by atoms with van der Waals surface area (Å²) in [6, 6.07) is 17.7. The van der Waals surface area contributed by atoms with Gasteiger partial charge in [0.05, 0.1) is 6.20 Å². The molecule has 5 rings (SSSR count). The van der Waals surface area contributed by atoms with E-state index in [0.717, 1.165) is 39.5 Å². The number of aromatic nitrogens is 4. The van der Waals surface area contributed by atoms with Crippen molar-refractivity contribution < 1.29 is 4.42 Å². The molecule has 0 saturated carbocycles. The molecule has 0 atom stereocenters. The van der Waals surface area contributed by atoms with Gasteiger partial charge in [0.25, 0.3) is 0 Å². The number of pyridine rings is 1. The summed E-state index contributed by atoms with van der Waals surface area (Å²) in [5.41, 5.74) is 3.54. The van der Waals surface area contributed by atoms with Gasteiger partial charge in [-0.05, 0) is 42.0 Å². The molecule has 0 radical (unpaired) electrons. The van der Waals surface area contributed by atoms with E-state index in [1.165, 1.54) is 0 Å². The zero-order chi connectivity index (χ0) is 17.3. The van der Waals surface area contributed by atoms with E-state index in [9.17, 15) is 0 Å². The minimum atomic E-state index is 0.687. The summed E-state index contributed by atoms with van der Waals surface area (Å²) in [6.07, 6.45) is 5.44. The number of nitrogens with zero attached hydrogens (tertiary/aromatic N) is 4. The standard InChI is InChI=1S/C20H15N5O/c1-2-4-17-15(3-1)11-18(26-17)16-13-25-20(23-16)6-5-19(24-25)22-12-14-7-9-21-10-8-14/h1-11,13H,12H2,(H,22,24). The Bertz CT molecular complexity index is 1160. The summed E-state index contributed by atoms with van der Waals surface area (Å²) in [4.78, 5) is 8.63. The number of imidazole rings is 1. The van der Waals surface area contributed by atoms with E-state index >= 15 is 0 Å². The number of hydrogen-bond donors (Lipinski definition) is 1. The Morgan fingerprint density at radius 1 is 1.00 bits per heavy atom. The molecule has 0 aliphatic carbocycles. The van der Waals surface area contributed by atoms with Crippen LogP contribution in [0.4, 0.5) is 5.82 Å². The SMILES string of the molecule is c1ccc2oc(-c3cn4nc(NCc5ccncc5)ccc4n3)cc2c1. The molecule has 6 nitrogen and oxygen atoms in total. The Morgan fingerprint density at radius 2 is 1.88 bits per heavy atom. The zero-order valence-electron chi connectivity index (χ0n) is 13.8. The molecule has 0 unspecified atom stereocenters. The molecular formula is C20H15N5O. The van der Waals surface area contributed by atoms with Crippen molar-refractivity contribution in [3.05, 3.63) is 78.8 Å². The molecule has 0 amide bonds. The van der Waals surface area contributed by atoms with Crippen LogP contribution in [0.3, 0.4) is 0 Å². The summed E-state index contributed by atoms with van der Waals surface area (Å²) >= 11 is 0. The van der Waals surface area contributed by atoms with Crippen LogP contribution in [0.2, 0.25) is 0 Å². The number of furan rings is 1. The smallest absolute Gasteiger partial charge is 0.155 e. The monoisotopic (exact) mass is 341 g/mol. The van der Waals surface area contributed by atoms with Gasteiger partial charge in [-0.2, -0.15) is 0 Å². The topological polar surface area (TPSA) is 68.2 Å². The number of hydrogen-bond acceptors (Lipinski definition) is 5. The van der Waals surface area contributed by atoms with Gasteiger partial charge in [0, 0.05) is 24.3 Å². The Balaban J connectivity index is 1.44. The van der Waals surface area contributed by atoms with Crippen LogP contribution in [0.25, 0.3) is 28.1 Å². The second-order valence-corrected chi connectivity index (χ2v) is 6.00. The Hall–Kier alpha value is -3.67. The van der Waals surface area contributed by atoms with Crippen LogP contribution in [0.1, 0.15) is 5.56 Å². The first-order valence-electron chi connectivity index (χ1n) is 8.33. The molecule has 0 spiro atoms. The molecule has 126 valence electrons. The first-order chi connectivity index (χ1) is 12.8. The molecule has 26 heavy (non-hydrogen) atoms. The average molecular weight is 341 g/mol. The maximum absolute atomic E-state index is 5.89. The lowest BCUT2D eigenvalue weighted by Gasteiger charge is -2.05. The lowest BCUT2D eigenvalue weighted by atomic mass is 10.2. The zero-order valence-corrected chi connectivity index (χ0v) is 13.8. The molecular weight excluding hydrogens is 326 g/mol. The lowest BCUT2D eigenvalue weighted by Crippen LogP contribution is -2.03. The van der Waals surface area contributed by atoms with E-state index in [1.54, 1.807) is 16.9 Å². The largest absolute Gasteiger partial charge is 0.454 e. The number of anilines is 1. The summed E-state index contributed by atoms with van der Waals surface area (Å²) in [7, 11) is 0. The van der Waals surface area contributed by atoms with Gasteiger partial charge in [-0.3, -0.25) is 4.98 Å². The molecule has 0 aliphatic rings. The molecule has 0 aliphatic heterocycles. The van der Waals surface area contributed by atoms with Gasteiger partial charge >= 0.3 is 0 Å². The predicted molar refractivity (Wildman–Crippen MR) is 99.8 cm³/mol. The molecule has 1 aromatic carbocycles.